The molecule has 0 nitrogen and oxygen atoms in total. The van der Waals surface area contributed by atoms with Gasteiger partial charge in [0.05, 0.1) is 0 Å². The smallest absolute Gasteiger partial charge is 0.0159 e. The summed E-state index contributed by atoms with van der Waals surface area (Å²) in [7, 11) is 0. The Morgan fingerprint density at radius 1 is 0.786 bits per heavy atom. The first-order valence-corrected chi connectivity index (χ1v) is 11.5. The van der Waals surface area contributed by atoms with E-state index in [1.54, 1.807) is 5.56 Å². The Labute approximate surface area is 172 Å². The monoisotopic (exact) mass is 372 g/mol. The van der Waals surface area contributed by atoms with Gasteiger partial charge in [-0.1, -0.05) is 74.0 Å². The molecule has 2 saturated carbocycles. The van der Waals surface area contributed by atoms with E-state index >= 15 is 0 Å². The lowest BCUT2D eigenvalue weighted by atomic mass is 9.64. The number of benzene rings is 2. The van der Waals surface area contributed by atoms with Crippen molar-refractivity contribution in [2.45, 2.75) is 71.1 Å². The fraction of sp³-hybridized carbons (Fsp3) is 0.500. The normalized spacial score (nSPS) is 27.6. The SMILES string of the molecule is C/C=C/CCc1ccc(-c2ccc(C3CCC4CC(C)CCC4C3)cc2)cc1. The highest BCUT2D eigenvalue weighted by Gasteiger charge is 2.34. The van der Waals surface area contributed by atoms with E-state index in [1.165, 1.54) is 55.2 Å². The summed E-state index contributed by atoms with van der Waals surface area (Å²) in [4.78, 5) is 0. The fourth-order valence-corrected chi connectivity index (χ4v) is 5.65. The summed E-state index contributed by atoms with van der Waals surface area (Å²) in [5.41, 5.74) is 5.69. The highest BCUT2D eigenvalue weighted by Crippen LogP contribution is 2.47. The van der Waals surface area contributed by atoms with Gasteiger partial charge in [0, 0.05) is 0 Å². The van der Waals surface area contributed by atoms with Crippen molar-refractivity contribution in [2.75, 3.05) is 0 Å². The maximum Gasteiger partial charge on any atom is -0.0159 e. The molecule has 0 radical (unpaired) electrons. The average molecular weight is 373 g/mol. The van der Waals surface area contributed by atoms with E-state index in [1.807, 2.05) is 0 Å². The molecule has 2 aromatic rings. The van der Waals surface area contributed by atoms with Crippen molar-refractivity contribution >= 4 is 0 Å². The van der Waals surface area contributed by atoms with E-state index in [0.717, 1.165) is 36.5 Å². The predicted octanol–water partition coefficient (Wildman–Crippen LogP) is 8.18. The van der Waals surface area contributed by atoms with Crippen LogP contribution in [0.1, 0.15) is 75.8 Å². The van der Waals surface area contributed by atoms with Crippen LogP contribution in [0.25, 0.3) is 11.1 Å². The summed E-state index contributed by atoms with van der Waals surface area (Å²) in [6.07, 6.45) is 15.3. The lowest BCUT2D eigenvalue weighted by molar-refractivity contribution is 0.124. The van der Waals surface area contributed by atoms with E-state index in [0.29, 0.717) is 0 Å². The first-order chi connectivity index (χ1) is 13.7. The minimum absolute atomic E-state index is 0.790. The topological polar surface area (TPSA) is 0 Å². The average Bonchev–Trinajstić information content (AvgIpc) is 2.74. The second-order valence-corrected chi connectivity index (χ2v) is 9.38. The van der Waals surface area contributed by atoms with E-state index < -0.39 is 0 Å². The van der Waals surface area contributed by atoms with Gasteiger partial charge in [0.15, 0.2) is 0 Å². The van der Waals surface area contributed by atoms with Gasteiger partial charge < -0.3 is 0 Å². The molecular weight excluding hydrogens is 336 g/mol. The third-order valence-electron chi connectivity index (χ3n) is 7.38. The molecule has 4 unspecified atom stereocenters. The molecule has 2 fully saturated rings. The summed E-state index contributed by atoms with van der Waals surface area (Å²) in [5.74, 6) is 3.76. The van der Waals surface area contributed by atoms with Crippen molar-refractivity contribution < 1.29 is 0 Å². The van der Waals surface area contributed by atoms with Crippen LogP contribution in [0.15, 0.2) is 60.7 Å². The summed E-state index contributed by atoms with van der Waals surface area (Å²) in [6, 6.07) is 18.7. The number of rotatable bonds is 5. The van der Waals surface area contributed by atoms with E-state index in [2.05, 4.69) is 74.5 Å². The van der Waals surface area contributed by atoms with E-state index in [4.69, 9.17) is 0 Å². The third-order valence-corrected chi connectivity index (χ3v) is 7.38. The first-order valence-electron chi connectivity index (χ1n) is 11.5. The van der Waals surface area contributed by atoms with Gasteiger partial charge >= 0.3 is 0 Å². The zero-order valence-electron chi connectivity index (χ0n) is 17.7. The van der Waals surface area contributed by atoms with Crippen molar-refractivity contribution in [1.82, 2.24) is 0 Å². The largest absolute Gasteiger partial charge is 0.0917 e. The van der Waals surface area contributed by atoms with E-state index in [9.17, 15) is 0 Å². The number of hydrogen-bond donors (Lipinski definition) is 0. The Bertz CT molecular complexity index is 765. The molecule has 0 amide bonds. The van der Waals surface area contributed by atoms with Gasteiger partial charge in [-0.25, -0.2) is 0 Å². The fourth-order valence-electron chi connectivity index (χ4n) is 5.65. The Kier molecular flexibility index (Phi) is 6.35. The molecule has 0 aliphatic heterocycles. The molecule has 0 heteroatoms. The van der Waals surface area contributed by atoms with Crippen LogP contribution >= 0.6 is 0 Å². The minimum atomic E-state index is 0.790. The first kappa shape index (κ1) is 19.5. The van der Waals surface area contributed by atoms with Gasteiger partial charge in [-0.05, 0) is 97.8 Å². The maximum absolute atomic E-state index is 2.45. The molecular formula is C28H36. The molecule has 28 heavy (non-hydrogen) atoms. The Hall–Kier alpha value is -1.82. The molecule has 0 aromatic heterocycles. The van der Waals surface area contributed by atoms with E-state index in [-0.39, 0.29) is 0 Å². The van der Waals surface area contributed by atoms with Crippen LogP contribution in [-0.4, -0.2) is 0 Å². The molecule has 2 aromatic carbocycles. The van der Waals surface area contributed by atoms with Crippen molar-refractivity contribution in [3.05, 3.63) is 71.8 Å². The summed E-state index contributed by atoms with van der Waals surface area (Å²) in [5, 5.41) is 0. The predicted molar refractivity (Wildman–Crippen MR) is 122 cm³/mol. The van der Waals surface area contributed by atoms with Gasteiger partial charge in [-0.3, -0.25) is 0 Å². The number of allylic oxidation sites excluding steroid dienone is 2. The second-order valence-electron chi connectivity index (χ2n) is 9.38. The van der Waals surface area contributed by atoms with Crippen molar-refractivity contribution in [3.63, 3.8) is 0 Å². The highest BCUT2D eigenvalue weighted by atomic mass is 14.4. The maximum atomic E-state index is 2.45. The molecule has 0 N–H and O–H groups in total. The van der Waals surface area contributed by atoms with Crippen molar-refractivity contribution in [1.29, 1.82) is 0 Å². The van der Waals surface area contributed by atoms with Crippen LogP contribution in [0.3, 0.4) is 0 Å². The molecule has 2 aliphatic carbocycles. The minimum Gasteiger partial charge on any atom is -0.0917 e. The van der Waals surface area contributed by atoms with Crippen LogP contribution in [0, 0.1) is 17.8 Å². The van der Waals surface area contributed by atoms with Gasteiger partial charge in [-0.2, -0.15) is 0 Å². The Balaban J connectivity index is 1.39. The number of fused-ring (bicyclic) bond motifs is 1. The van der Waals surface area contributed by atoms with Crippen LogP contribution in [0.2, 0.25) is 0 Å². The standard InChI is InChI=1S/C28H36/c1-3-4-5-6-22-8-11-23(12-9-22)24-13-15-25(16-14-24)27-18-17-26-19-21(2)7-10-28(26)20-27/h3-4,8-9,11-16,21,26-28H,5-7,10,17-20H2,1-2H3/b4-3+. The summed E-state index contributed by atoms with van der Waals surface area (Å²) < 4.78 is 0. The van der Waals surface area contributed by atoms with Crippen LogP contribution in [0.5, 0.6) is 0 Å². The van der Waals surface area contributed by atoms with Gasteiger partial charge in [-0.15, -0.1) is 0 Å². The molecule has 2 aliphatic rings. The van der Waals surface area contributed by atoms with Crippen LogP contribution in [0.4, 0.5) is 0 Å². The Morgan fingerprint density at radius 3 is 2.14 bits per heavy atom. The quantitative estimate of drug-likeness (QED) is 0.464. The molecule has 4 rings (SSSR count). The zero-order chi connectivity index (χ0) is 19.3. The molecule has 0 saturated heterocycles. The molecule has 148 valence electrons. The van der Waals surface area contributed by atoms with Gasteiger partial charge in [0.1, 0.15) is 0 Å². The number of hydrogen-bond acceptors (Lipinski definition) is 0. The van der Waals surface area contributed by atoms with Crippen molar-refractivity contribution in [2.24, 2.45) is 17.8 Å². The molecule has 0 spiro atoms. The van der Waals surface area contributed by atoms with Crippen LogP contribution < -0.4 is 0 Å². The third kappa shape index (κ3) is 4.59. The molecule has 4 atom stereocenters. The zero-order valence-corrected chi connectivity index (χ0v) is 17.7. The molecule has 0 bridgehead atoms. The Morgan fingerprint density at radius 2 is 1.43 bits per heavy atom. The summed E-state index contributed by atoms with van der Waals surface area (Å²) >= 11 is 0. The lowest BCUT2D eigenvalue weighted by Gasteiger charge is -2.41. The van der Waals surface area contributed by atoms with Crippen LogP contribution in [-0.2, 0) is 6.42 Å². The van der Waals surface area contributed by atoms with Gasteiger partial charge in [0.25, 0.3) is 0 Å². The summed E-state index contributed by atoms with van der Waals surface area (Å²) in [6.45, 7) is 4.55. The lowest BCUT2D eigenvalue weighted by Crippen LogP contribution is -2.29. The highest BCUT2D eigenvalue weighted by molar-refractivity contribution is 5.64. The molecule has 0 heterocycles. The van der Waals surface area contributed by atoms with Gasteiger partial charge in [0.2, 0.25) is 0 Å². The van der Waals surface area contributed by atoms with Crippen molar-refractivity contribution in [3.8, 4) is 11.1 Å². The number of aryl methyl sites for hydroxylation is 1. The second kappa shape index (κ2) is 9.12.